The van der Waals surface area contributed by atoms with Gasteiger partial charge in [-0.05, 0) is 79.2 Å². The molecule has 0 aliphatic carbocycles. The molecule has 0 saturated heterocycles. The van der Waals surface area contributed by atoms with Crippen LogP contribution in [0.2, 0.25) is 0 Å². The molecule has 0 fully saturated rings. The number of aromatic nitrogens is 1. The first-order valence-corrected chi connectivity index (χ1v) is 16.1. The number of hydrogen-bond acceptors (Lipinski definition) is 8. The Hall–Kier alpha value is -5.13. The highest BCUT2D eigenvalue weighted by Crippen LogP contribution is 2.31. The number of amides is 3. The molecule has 234 valence electrons. The fourth-order valence-electron chi connectivity index (χ4n) is 4.37. The standard InChI is InChI=1S/C35H33N5O4S2/c1-22(32(41)39-35-38-29-18-17-27(44-4)21-31(29)46-35)45-28-12-8-11-25(20-28)36-34(43)30(37-33(42)24-9-6-5-7-10-24)19-23-13-15-26(16-14-23)40(2)3/h5-22H,1-4H3,(H,36,43)(H,37,42)(H,38,39,41)/b30-19+. The van der Waals surface area contributed by atoms with Crippen molar-refractivity contribution in [2.24, 2.45) is 0 Å². The van der Waals surface area contributed by atoms with Crippen LogP contribution < -0.4 is 25.6 Å². The van der Waals surface area contributed by atoms with E-state index in [0.29, 0.717) is 16.4 Å². The van der Waals surface area contributed by atoms with Gasteiger partial charge < -0.3 is 25.6 Å². The van der Waals surface area contributed by atoms with Gasteiger partial charge in [0.25, 0.3) is 11.8 Å². The summed E-state index contributed by atoms with van der Waals surface area (Å²) in [7, 11) is 5.50. The minimum atomic E-state index is -0.485. The van der Waals surface area contributed by atoms with E-state index in [9.17, 15) is 14.4 Å². The number of rotatable bonds is 11. The fraction of sp³-hybridized carbons (Fsp3) is 0.143. The first-order chi connectivity index (χ1) is 22.2. The van der Waals surface area contributed by atoms with E-state index in [2.05, 4.69) is 20.9 Å². The summed E-state index contributed by atoms with van der Waals surface area (Å²) in [4.78, 5) is 46.8. The highest BCUT2D eigenvalue weighted by atomic mass is 32.2. The van der Waals surface area contributed by atoms with Crippen LogP contribution >= 0.6 is 23.1 Å². The molecule has 0 aliphatic heterocycles. The number of thioether (sulfide) groups is 1. The van der Waals surface area contributed by atoms with Gasteiger partial charge in [0, 0.05) is 35.9 Å². The van der Waals surface area contributed by atoms with Crippen LogP contribution in [0.3, 0.4) is 0 Å². The van der Waals surface area contributed by atoms with Gasteiger partial charge in [-0.1, -0.05) is 47.7 Å². The van der Waals surface area contributed by atoms with Crippen molar-refractivity contribution in [3.63, 3.8) is 0 Å². The number of methoxy groups -OCH3 is 1. The van der Waals surface area contributed by atoms with Crippen molar-refractivity contribution in [2.45, 2.75) is 17.1 Å². The molecule has 0 saturated carbocycles. The lowest BCUT2D eigenvalue weighted by Gasteiger charge is -2.14. The van der Waals surface area contributed by atoms with E-state index in [-0.39, 0.29) is 11.6 Å². The van der Waals surface area contributed by atoms with Crippen LogP contribution in [0.25, 0.3) is 16.3 Å². The van der Waals surface area contributed by atoms with Gasteiger partial charge in [0.15, 0.2) is 5.13 Å². The zero-order valence-corrected chi connectivity index (χ0v) is 27.4. The molecule has 0 bridgehead atoms. The Morgan fingerprint density at radius 2 is 1.67 bits per heavy atom. The molecule has 0 spiro atoms. The average Bonchev–Trinajstić information content (AvgIpc) is 3.46. The summed E-state index contributed by atoms with van der Waals surface area (Å²) in [6.07, 6.45) is 1.64. The number of carbonyl (C=O) groups is 3. The van der Waals surface area contributed by atoms with E-state index in [1.807, 2.05) is 80.5 Å². The molecular weight excluding hydrogens is 619 g/mol. The second-order valence-corrected chi connectivity index (χ2v) is 12.9. The Kier molecular flexibility index (Phi) is 10.4. The second kappa shape index (κ2) is 14.8. The van der Waals surface area contributed by atoms with Crippen LogP contribution in [-0.4, -0.2) is 49.2 Å². The van der Waals surface area contributed by atoms with E-state index in [1.165, 1.54) is 23.1 Å². The van der Waals surface area contributed by atoms with Gasteiger partial charge >= 0.3 is 0 Å². The number of hydrogen-bond donors (Lipinski definition) is 3. The maximum Gasteiger partial charge on any atom is 0.272 e. The molecule has 0 aliphatic rings. The Labute approximate surface area is 275 Å². The van der Waals surface area contributed by atoms with Gasteiger partial charge in [0.05, 0.1) is 22.6 Å². The first-order valence-electron chi connectivity index (χ1n) is 14.4. The Bertz CT molecular complexity index is 1890. The molecule has 0 radical (unpaired) electrons. The van der Waals surface area contributed by atoms with Crippen molar-refractivity contribution in [3.05, 3.63) is 114 Å². The first kappa shape index (κ1) is 32.3. The number of nitrogens with zero attached hydrogens (tertiary/aromatic N) is 2. The number of anilines is 3. The lowest BCUT2D eigenvalue weighted by molar-refractivity contribution is -0.115. The van der Waals surface area contributed by atoms with Gasteiger partial charge in [-0.2, -0.15) is 0 Å². The second-order valence-electron chi connectivity index (χ2n) is 10.4. The van der Waals surface area contributed by atoms with Crippen molar-refractivity contribution < 1.29 is 19.1 Å². The zero-order chi connectivity index (χ0) is 32.6. The number of ether oxygens (including phenoxy) is 1. The van der Waals surface area contributed by atoms with E-state index in [1.54, 1.807) is 55.7 Å². The molecule has 1 atom stereocenters. The van der Waals surface area contributed by atoms with Gasteiger partial charge in [-0.25, -0.2) is 4.98 Å². The third-order valence-corrected chi connectivity index (χ3v) is 8.88. The molecule has 3 amide bonds. The Morgan fingerprint density at radius 3 is 2.39 bits per heavy atom. The quantitative estimate of drug-likeness (QED) is 0.105. The average molecular weight is 652 g/mol. The normalized spacial score (nSPS) is 11.9. The molecule has 4 aromatic carbocycles. The summed E-state index contributed by atoms with van der Waals surface area (Å²) >= 11 is 2.73. The highest BCUT2D eigenvalue weighted by Gasteiger charge is 2.19. The van der Waals surface area contributed by atoms with Crippen molar-refractivity contribution in [1.29, 1.82) is 0 Å². The Morgan fingerprint density at radius 1 is 0.913 bits per heavy atom. The van der Waals surface area contributed by atoms with Gasteiger partial charge in [-0.15, -0.1) is 11.8 Å². The van der Waals surface area contributed by atoms with Gasteiger partial charge in [0.2, 0.25) is 5.91 Å². The molecule has 1 heterocycles. The van der Waals surface area contributed by atoms with E-state index >= 15 is 0 Å². The number of thiazole rings is 1. The third-order valence-electron chi connectivity index (χ3n) is 6.85. The van der Waals surface area contributed by atoms with Crippen molar-refractivity contribution in [3.8, 4) is 5.75 Å². The molecule has 46 heavy (non-hydrogen) atoms. The summed E-state index contributed by atoms with van der Waals surface area (Å²) in [5, 5.41) is 8.63. The maximum atomic E-state index is 13.5. The van der Waals surface area contributed by atoms with Crippen LogP contribution in [0.1, 0.15) is 22.8 Å². The van der Waals surface area contributed by atoms with E-state index in [0.717, 1.165) is 32.1 Å². The van der Waals surface area contributed by atoms with Gasteiger partial charge in [-0.3, -0.25) is 14.4 Å². The van der Waals surface area contributed by atoms with Crippen LogP contribution in [0.15, 0.2) is 108 Å². The smallest absolute Gasteiger partial charge is 0.272 e. The minimum Gasteiger partial charge on any atom is -0.497 e. The Balaban J connectivity index is 1.28. The molecule has 11 heteroatoms. The summed E-state index contributed by atoms with van der Waals surface area (Å²) in [5.41, 5.74) is 3.58. The van der Waals surface area contributed by atoms with Crippen molar-refractivity contribution >= 4 is 73.6 Å². The third kappa shape index (κ3) is 8.32. The summed E-state index contributed by atoms with van der Waals surface area (Å²) in [5.74, 6) is -0.353. The number of benzene rings is 4. The minimum absolute atomic E-state index is 0.0886. The number of carbonyl (C=O) groups excluding carboxylic acids is 3. The lowest BCUT2D eigenvalue weighted by atomic mass is 10.1. The van der Waals surface area contributed by atoms with Crippen molar-refractivity contribution in [2.75, 3.05) is 36.7 Å². The summed E-state index contributed by atoms with van der Waals surface area (Å²) < 4.78 is 6.19. The molecule has 9 nitrogen and oxygen atoms in total. The lowest BCUT2D eigenvalue weighted by Crippen LogP contribution is -2.30. The summed E-state index contributed by atoms with van der Waals surface area (Å²) in [6.45, 7) is 1.81. The fourth-order valence-corrected chi connectivity index (χ4v) is 6.20. The monoisotopic (exact) mass is 651 g/mol. The molecule has 3 N–H and O–H groups in total. The molecule has 5 aromatic rings. The topological polar surface area (TPSA) is 113 Å². The SMILES string of the molecule is COc1ccc2nc(NC(=O)C(C)Sc3cccc(NC(=O)/C(=C\c4ccc(N(C)C)cc4)NC(=O)c4ccccc4)c3)sc2c1. The summed E-state index contributed by atoms with van der Waals surface area (Å²) in [6, 6.07) is 29.1. The van der Waals surface area contributed by atoms with Crippen molar-refractivity contribution in [1.82, 2.24) is 10.3 Å². The predicted molar refractivity (Wildman–Crippen MR) is 188 cm³/mol. The molecular formula is C35H33N5O4S2. The van der Waals surface area contributed by atoms with Crippen LogP contribution in [0, 0.1) is 0 Å². The van der Waals surface area contributed by atoms with Crippen LogP contribution in [0.4, 0.5) is 16.5 Å². The zero-order valence-electron chi connectivity index (χ0n) is 25.7. The molecule has 1 aromatic heterocycles. The van der Waals surface area contributed by atoms with Crippen LogP contribution in [-0.2, 0) is 9.59 Å². The predicted octanol–water partition coefficient (Wildman–Crippen LogP) is 6.90. The maximum absolute atomic E-state index is 13.5. The van der Waals surface area contributed by atoms with E-state index < -0.39 is 17.1 Å². The van der Waals surface area contributed by atoms with Gasteiger partial charge in [0.1, 0.15) is 11.4 Å². The molecule has 5 rings (SSSR count). The molecule has 1 unspecified atom stereocenters. The largest absolute Gasteiger partial charge is 0.497 e. The number of fused-ring (bicyclic) bond motifs is 1. The highest BCUT2D eigenvalue weighted by molar-refractivity contribution is 8.00. The number of nitrogens with one attached hydrogen (secondary N) is 3. The van der Waals surface area contributed by atoms with E-state index in [4.69, 9.17) is 4.74 Å². The van der Waals surface area contributed by atoms with Crippen LogP contribution in [0.5, 0.6) is 5.75 Å².